The molecule has 0 aliphatic rings. The van der Waals surface area contributed by atoms with E-state index in [1.807, 2.05) is 6.08 Å². The molecule has 0 spiro atoms. The molecule has 0 radical (unpaired) electrons. The molecule has 0 aromatic rings. The van der Waals surface area contributed by atoms with Gasteiger partial charge < -0.3 is 9.13 Å². The summed E-state index contributed by atoms with van der Waals surface area (Å²) in [4.78, 5) is 0. The van der Waals surface area contributed by atoms with Crippen LogP contribution in [0.4, 0.5) is 0 Å². The summed E-state index contributed by atoms with van der Waals surface area (Å²) in [6, 6.07) is 0. The molecule has 2 nitrogen and oxygen atoms in total. The smallest absolute Gasteiger partial charge is 0.235 e. The number of hydrogen-bond acceptors (Lipinski definition) is 2. The first-order valence-corrected chi connectivity index (χ1v) is 6.43. The molecule has 0 bridgehead atoms. The van der Waals surface area contributed by atoms with E-state index in [0.717, 1.165) is 5.20 Å². The van der Waals surface area contributed by atoms with E-state index < -0.39 is 8.40 Å². The Morgan fingerprint density at radius 2 is 1.50 bits per heavy atom. The Morgan fingerprint density at radius 3 is 1.58 bits per heavy atom. The molecule has 0 aliphatic carbocycles. The van der Waals surface area contributed by atoms with Gasteiger partial charge in [-0.2, -0.15) is 0 Å². The average Bonchev–Trinajstić information content (AvgIpc) is 2.00. The van der Waals surface area contributed by atoms with Gasteiger partial charge in [-0.25, -0.2) is 0 Å². The van der Waals surface area contributed by atoms with Gasteiger partial charge in [-0.1, -0.05) is 19.2 Å². The van der Waals surface area contributed by atoms with Crippen LogP contribution in [0, 0.1) is 0 Å². The van der Waals surface area contributed by atoms with Crippen molar-refractivity contribution in [3.8, 4) is 0 Å². The van der Waals surface area contributed by atoms with Crippen molar-refractivity contribution in [1.29, 1.82) is 0 Å². The minimum atomic E-state index is -1.65. The van der Waals surface area contributed by atoms with Gasteiger partial charge in [-0.15, -0.1) is 0 Å². The van der Waals surface area contributed by atoms with Gasteiger partial charge >= 0.3 is 0 Å². The van der Waals surface area contributed by atoms with Crippen LogP contribution in [0.5, 0.6) is 0 Å². The van der Waals surface area contributed by atoms with Crippen LogP contribution in [0.25, 0.3) is 0 Å². The first-order valence-electron chi connectivity index (χ1n) is 4.04. The molecule has 0 aromatic heterocycles. The van der Waals surface area contributed by atoms with Gasteiger partial charge in [0.15, 0.2) is 0 Å². The minimum absolute atomic E-state index is 1.15. The van der Waals surface area contributed by atoms with Crippen LogP contribution in [-0.2, 0) is 0 Å². The molecule has 0 unspecified atom stereocenters. The highest BCUT2D eigenvalue weighted by Gasteiger charge is 2.35. The third kappa shape index (κ3) is 1.86. The summed E-state index contributed by atoms with van der Waals surface area (Å²) in [7, 11) is 6.74. The van der Waals surface area contributed by atoms with Crippen molar-refractivity contribution in [3.05, 3.63) is 24.4 Å². The highest BCUT2D eigenvalue weighted by atomic mass is 28.3. The van der Waals surface area contributed by atoms with E-state index in [1.54, 1.807) is 0 Å². The Labute approximate surface area is 77.3 Å². The highest BCUT2D eigenvalue weighted by Crippen LogP contribution is 2.18. The Balaban J connectivity index is 4.86. The van der Waals surface area contributed by atoms with E-state index in [0.29, 0.717) is 0 Å². The predicted octanol–water partition coefficient (Wildman–Crippen LogP) is 1.46. The van der Waals surface area contributed by atoms with Gasteiger partial charge in [0.2, 0.25) is 8.40 Å². The quantitative estimate of drug-likeness (QED) is 0.482. The molecule has 0 fully saturated rings. The summed E-state index contributed by atoms with van der Waals surface area (Å²) in [6.45, 7) is 10.1. The van der Waals surface area contributed by atoms with Crippen molar-refractivity contribution >= 4 is 8.40 Å². The lowest BCUT2D eigenvalue weighted by atomic mass is 10.6. The van der Waals surface area contributed by atoms with E-state index in [2.05, 4.69) is 57.0 Å². The second-order valence-electron chi connectivity index (χ2n) is 3.54. The maximum atomic E-state index is 4.05. The molecule has 3 heteroatoms. The number of nitrogens with zero attached hydrogens (tertiary/aromatic N) is 2. The molecule has 0 atom stereocenters. The van der Waals surface area contributed by atoms with Crippen molar-refractivity contribution in [2.45, 2.75) is 6.55 Å². The number of allylic oxidation sites excluding steroid dienone is 2. The lowest BCUT2D eigenvalue weighted by Gasteiger charge is -2.40. The van der Waals surface area contributed by atoms with E-state index >= 15 is 0 Å². The maximum Gasteiger partial charge on any atom is 0.235 e. The number of rotatable bonds is 4. The summed E-state index contributed by atoms with van der Waals surface area (Å²) >= 11 is 0. The van der Waals surface area contributed by atoms with Crippen LogP contribution < -0.4 is 0 Å². The molecule has 0 aliphatic heterocycles. The number of hydrogen-bond donors (Lipinski definition) is 0. The molecule has 0 heterocycles. The molecule has 0 saturated carbocycles. The Morgan fingerprint density at radius 1 is 1.17 bits per heavy atom. The summed E-state index contributed by atoms with van der Waals surface area (Å²) < 4.78 is 4.52. The minimum Gasteiger partial charge on any atom is -0.314 e. The molecule has 0 saturated heterocycles. The molecule has 0 amide bonds. The zero-order chi connectivity index (χ0) is 9.94. The molecular formula is C9H20N2Si. The largest absolute Gasteiger partial charge is 0.314 e. The van der Waals surface area contributed by atoms with Crippen LogP contribution >= 0.6 is 0 Å². The van der Waals surface area contributed by atoms with Crippen molar-refractivity contribution < 1.29 is 0 Å². The molecule has 12 heavy (non-hydrogen) atoms. The Bertz CT molecular complexity index is 177. The van der Waals surface area contributed by atoms with E-state index in [-0.39, 0.29) is 0 Å². The first-order chi connectivity index (χ1) is 5.37. The fourth-order valence-electron chi connectivity index (χ4n) is 1.17. The Kier molecular flexibility index (Phi) is 3.90. The normalized spacial score (nSPS) is 12.2. The molecule has 0 aromatic carbocycles. The van der Waals surface area contributed by atoms with Crippen molar-refractivity contribution in [1.82, 2.24) is 9.13 Å². The fourth-order valence-corrected chi connectivity index (χ4v) is 3.50. The Hall–Kier alpha value is -0.383. The van der Waals surface area contributed by atoms with Gasteiger partial charge in [0.05, 0.1) is 0 Å². The second-order valence-corrected chi connectivity index (χ2v) is 8.01. The molecule has 0 rings (SSSR count). The molecular weight excluding hydrogens is 164 g/mol. The molecule has 0 N–H and O–H groups in total. The van der Waals surface area contributed by atoms with Crippen LogP contribution in [0.3, 0.4) is 0 Å². The SMILES string of the molecule is C=CC(=C)[Si](C)(N(C)C)N(C)C. The van der Waals surface area contributed by atoms with Crippen molar-refractivity contribution in [2.24, 2.45) is 0 Å². The van der Waals surface area contributed by atoms with E-state index in [9.17, 15) is 0 Å². The van der Waals surface area contributed by atoms with Gasteiger partial charge in [0, 0.05) is 0 Å². The first kappa shape index (κ1) is 11.6. The van der Waals surface area contributed by atoms with E-state index in [1.165, 1.54) is 0 Å². The summed E-state index contributed by atoms with van der Waals surface area (Å²) in [5, 5.41) is 1.15. The van der Waals surface area contributed by atoms with Gasteiger partial charge in [0.1, 0.15) is 0 Å². The lowest BCUT2D eigenvalue weighted by molar-refractivity contribution is 0.499. The van der Waals surface area contributed by atoms with Crippen LogP contribution in [0.15, 0.2) is 24.4 Å². The third-order valence-corrected chi connectivity index (χ3v) is 7.50. The van der Waals surface area contributed by atoms with Gasteiger partial charge in [0.25, 0.3) is 0 Å². The van der Waals surface area contributed by atoms with Crippen LogP contribution in [0.1, 0.15) is 0 Å². The van der Waals surface area contributed by atoms with Crippen molar-refractivity contribution in [2.75, 3.05) is 28.2 Å². The molecule has 70 valence electrons. The maximum absolute atomic E-state index is 4.05. The fraction of sp³-hybridized carbons (Fsp3) is 0.556. The highest BCUT2D eigenvalue weighted by molar-refractivity contribution is 6.80. The van der Waals surface area contributed by atoms with Crippen LogP contribution in [-0.4, -0.2) is 45.7 Å². The topological polar surface area (TPSA) is 6.48 Å². The summed E-state index contributed by atoms with van der Waals surface area (Å²) in [5.41, 5.74) is 0. The third-order valence-electron chi connectivity index (χ3n) is 2.60. The second kappa shape index (κ2) is 4.03. The van der Waals surface area contributed by atoms with Crippen LogP contribution in [0.2, 0.25) is 6.55 Å². The van der Waals surface area contributed by atoms with Gasteiger partial charge in [-0.05, 0) is 39.9 Å². The van der Waals surface area contributed by atoms with Crippen molar-refractivity contribution in [3.63, 3.8) is 0 Å². The average molecular weight is 184 g/mol. The van der Waals surface area contributed by atoms with E-state index in [4.69, 9.17) is 0 Å². The standard InChI is InChI=1S/C9H20N2Si/c1-8-9(2)12(7,10(3)4)11(5)6/h8H,1-2H2,3-7H3. The zero-order valence-corrected chi connectivity index (χ0v) is 9.89. The zero-order valence-electron chi connectivity index (χ0n) is 8.89. The van der Waals surface area contributed by atoms with Gasteiger partial charge in [-0.3, -0.25) is 0 Å². The summed E-state index contributed by atoms with van der Waals surface area (Å²) in [5.74, 6) is 0. The lowest BCUT2D eigenvalue weighted by Crippen LogP contribution is -2.59. The monoisotopic (exact) mass is 184 g/mol. The predicted molar refractivity (Wildman–Crippen MR) is 58.3 cm³/mol. The summed E-state index contributed by atoms with van der Waals surface area (Å²) in [6.07, 6.45) is 1.87.